The zero-order valence-corrected chi connectivity index (χ0v) is 14.6. The van der Waals surface area contributed by atoms with E-state index in [1.807, 2.05) is 27.7 Å². The van der Waals surface area contributed by atoms with Gasteiger partial charge in [-0.3, -0.25) is 0 Å². The molecule has 138 valence electrons. The highest BCUT2D eigenvalue weighted by Crippen LogP contribution is 1.82. The van der Waals surface area contributed by atoms with E-state index in [1.165, 1.54) is 0 Å². The van der Waals surface area contributed by atoms with E-state index in [4.69, 9.17) is 42.6 Å². The minimum Gasteiger partial charge on any atom is -0.394 e. The van der Waals surface area contributed by atoms with E-state index in [0.29, 0.717) is 26.4 Å². The fourth-order valence-electron chi connectivity index (χ4n) is 0.880. The first kappa shape index (κ1) is 26.6. The Labute approximate surface area is 135 Å². The van der Waals surface area contributed by atoms with Gasteiger partial charge in [0.25, 0.3) is 0 Å². The van der Waals surface area contributed by atoms with Crippen LogP contribution in [0.3, 0.4) is 0 Å². The van der Waals surface area contributed by atoms with Crippen LogP contribution in [0.15, 0.2) is 0 Å². The maximum Gasteiger partial charge on any atom is 0.0662 e. The molecule has 8 heteroatoms. The molecule has 0 aromatic heterocycles. The number of rotatable bonds is 9. The van der Waals surface area contributed by atoms with Crippen molar-refractivity contribution in [3.63, 3.8) is 0 Å². The summed E-state index contributed by atoms with van der Waals surface area (Å²) < 4.78 is 10.2. The minimum absolute atomic E-state index is 0.115. The molecule has 0 spiro atoms. The lowest BCUT2D eigenvalue weighted by molar-refractivity contribution is 0.115. The lowest BCUT2D eigenvalue weighted by Crippen LogP contribution is -2.27. The van der Waals surface area contributed by atoms with Crippen LogP contribution in [0.2, 0.25) is 0 Å². The van der Waals surface area contributed by atoms with Crippen LogP contribution in [0.1, 0.15) is 27.7 Å². The number of hydrogen-bond acceptors (Lipinski definition) is 8. The highest BCUT2D eigenvalue weighted by atomic mass is 16.5. The summed E-state index contributed by atoms with van der Waals surface area (Å²) in [7, 11) is 0. The average molecular weight is 326 g/mol. The Kier molecular flexibility index (Phi) is 25.0. The van der Waals surface area contributed by atoms with Crippen LogP contribution in [-0.4, -0.2) is 74.0 Å². The Morgan fingerprint density at radius 2 is 0.773 bits per heavy atom. The van der Waals surface area contributed by atoms with Gasteiger partial charge in [0.1, 0.15) is 0 Å². The van der Waals surface area contributed by atoms with Gasteiger partial charge in [0, 0.05) is 24.2 Å². The van der Waals surface area contributed by atoms with Crippen LogP contribution in [-0.2, 0) is 9.47 Å². The van der Waals surface area contributed by atoms with Crippen LogP contribution in [0.25, 0.3) is 0 Å². The van der Waals surface area contributed by atoms with E-state index in [9.17, 15) is 0 Å². The van der Waals surface area contributed by atoms with Crippen molar-refractivity contribution in [2.24, 2.45) is 22.9 Å². The minimum atomic E-state index is -0.125. The Bertz CT molecular complexity index is 158. The molecule has 0 fully saturated rings. The molecule has 0 rings (SSSR count). The molecule has 0 aliphatic heterocycles. The van der Waals surface area contributed by atoms with Crippen LogP contribution >= 0.6 is 0 Å². The Balaban J connectivity index is -0.000000266. The fraction of sp³-hybridized carbons (Fsp3) is 1.00. The molecule has 0 saturated heterocycles. The van der Waals surface area contributed by atoms with Crippen molar-refractivity contribution in [2.75, 3.05) is 39.6 Å². The number of aliphatic hydroxyl groups is 2. The number of hydrogen-bond donors (Lipinski definition) is 6. The van der Waals surface area contributed by atoms with Crippen molar-refractivity contribution < 1.29 is 19.7 Å². The van der Waals surface area contributed by atoms with Crippen molar-refractivity contribution in [3.05, 3.63) is 0 Å². The molecule has 0 amide bonds. The standard InChI is InChI=1S/2C6H16N2O.C2H6O2/c2*1-5(7)3-9-4-6(2)8;3-1-2-4/h2*5-6H,3-4,7-8H2,1-2H3;3-4H,1-2H2. The average Bonchev–Trinajstić information content (AvgIpc) is 2.38. The molecule has 0 radical (unpaired) electrons. The molecule has 0 heterocycles. The number of ether oxygens (including phenoxy) is 2. The first-order valence-corrected chi connectivity index (χ1v) is 7.56. The van der Waals surface area contributed by atoms with Crippen LogP contribution in [0.4, 0.5) is 0 Å². The summed E-state index contributed by atoms with van der Waals surface area (Å²) >= 11 is 0. The van der Waals surface area contributed by atoms with Crippen LogP contribution in [0.5, 0.6) is 0 Å². The molecule has 0 aromatic rings. The molecule has 4 atom stereocenters. The number of aliphatic hydroxyl groups excluding tert-OH is 2. The maximum atomic E-state index is 7.62. The predicted octanol–water partition coefficient (Wildman–Crippen LogP) is -1.63. The Morgan fingerprint density at radius 3 is 0.864 bits per heavy atom. The van der Waals surface area contributed by atoms with Crippen LogP contribution in [0, 0.1) is 0 Å². The third-order valence-corrected chi connectivity index (χ3v) is 1.62. The first-order chi connectivity index (χ1) is 10.2. The van der Waals surface area contributed by atoms with E-state index in [0.717, 1.165) is 0 Å². The van der Waals surface area contributed by atoms with Gasteiger partial charge in [-0.2, -0.15) is 0 Å². The van der Waals surface area contributed by atoms with Gasteiger partial charge in [-0.15, -0.1) is 0 Å². The summed E-state index contributed by atoms with van der Waals surface area (Å²) in [5.41, 5.74) is 21.7. The summed E-state index contributed by atoms with van der Waals surface area (Å²) in [4.78, 5) is 0. The molecule has 4 unspecified atom stereocenters. The largest absolute Gasteiger partial charge is 0.394 e. The zero-order chi connectivity index (χ0) is 18.0. The van der Waals surface area contributed by atoms with Gasteiger partial charge in [0.05, 0.1) is 39.6 Å². The third-order valence-electron chi connectivity index (χ3n) is 1.62. The Morgan fingerprint density at radius 1 is 0.591 bits per heavy atom. The maximum absolute atomic E-state index is 7.62. The molecular formula is C14H38N4O4. The van der Waals surface area contributed by atoms with E-state index in [2.05, 4.69) is 0 Å². The molecule has 0 saturated carbocycles. The van der Waals surface area contributed by atoms with E-state index in [1.54, 1.807) is 0 Å². The molecule has 0 aromatic carbocycles. The monoisotopic (exact) mass is 326 g/mol. The van der Waals surface area contributed by atoms with Crippen molar-refractivity contribution in [2.45, 2.75) is 51.9 Å². The van der Waals surface area contributed by atoms with Crippen molar-refractivity contribution >= 4 is 0 Å². The second kappa shape index (κ2) is 20.7. The fourth-order valence-corrected chi connectivity index (χ4v) is 0.880. The summed E-state index contributed by atoms with van der Waals surface area (Å²) in [6, 6.07) is 0.458. The summed E-state index contributed by atoms with van der Waals surface area (Å²) in [6.07, 6.45) is 0. The molecule has 0 bridgehead atoms. The Hall–Kier alpha value is -0.320. The molecular weight excluding hydrogens is 288 g/mol. The van der Waals surface area contributed by atoms with Gasteiger partial charge >= 0.3 is 0 Å². The summed E-state index contributed by atoms with van der Waals surface area (Å²) in [6.45, 7) is 9.76. The van der Waals surface area contributed by atoms with Gasteiger partial charge in [-0.05, 0) is 27.7 Å². The molecule has 8 nitrogen and oxygen atoms in total. The van der Waals surface area contributed by atoms with Crippen LogP contribution < -0.4 is 22.9 Å². The topological polar surface area (TPSA) is 163 Å². The lowest BCUT2D eigenvalue weighted by atomic mass is 10.4. The van der Waals surface area contributed by atoms with Gasteiger partial charge in [-0.1, -0.05) is 0 Å². The van der Waals surface area contributed by atoms with Gasteiger partial charge in [0.15, 0.2) is 0 Å². The van der Waals surface area contributed by atoms with Crippen molar-refractivity contribution in [3.8, 4) is 0 Å². The predicted molar refractivity (Wildman–Crippen MR) is 90.4 cm³/mol. The van der Waals surface area contributed by atoms with E-state index >= 15 is 0 Å². The van der Waals surface area contributed by atoms with Gasteiger partial charge in [0.2, 0.25) is 0 Å². The highest BCUT2D eigenvalue weighted by molar-refractivity contribution is 4.53. The highest BCUT2D eigenvalue weighted by Gasteiger charge is 1.96. The molecule has 22 heavy (non-hydrogen) atoms. The lowest BCUT2D eigenvalue weighted by Gasteiger charge is -2.08. The second-order valence-corrected chi connectivity index (χ2v) is 5.43. The van der Waals surface area contributed by atoms with Gasteiger partial charge < -0.3 is 42.6 Å². The summed E-state index contributed by atoms with van der Waals surface area (Å²) in [5.74, 6) is 0. The molecule has 0 aliphatic carbocycles. The zero-order valence-electron chi connectivity index (χ0n) is 14.6. The van der Waals surface area contributed by atoms with Gasteiger partial charge in [-0.25, -0.2) is 0 Å². The van der Waals surface area contributed by atoms with E-state index in [-0.39, 0.29) is 37.4 Å². The molecule has 10 N–H and O–H groups in total. The summed E-state index contributed by atoms with van der Waals surface area (Å²) in [5, 5.41) is 15.2. The quantitative estimate of drug-likeness (QED) is 0.294. The van der Waals surface area contributed by atoms with E-state index < -0.39 is 0 Å². The SMILES string of the molecule is CC(N)COCC(C)N.CC(N)COCC(C)N.OCCO. The smallest absolute Gasteiger partial charge is 0.0662 e. The second-order valence-electron chi connectivity index (χ2n) is 5.43. The first-order valence-electron chi connectivity index (χ1n) is 7.56. The van der Waals surface area contributed by atoms with Crippen molar-refractivity contribution in [1.29, 1.82) is 0 Å². The molecule has 0 aliphatic rings. The normalized spacial score (nSPS) is 15.5. The number of nitrogens with two attached hydrogens (primary N) is 4. The third kappa shape index (κ3) is 42.7. The van der Waals surface area contributed by atoms with Crippen molar-refractivity contribution in [1.82, 2.24) is 0 Å².